The first kappa shape index (κ1) is 20.2. The average Bonchev–Trinajstić information content (AvgIpc) is 2.98. The third-order valence-corrected chi connectivity index (χ3v) is 11.9. The van der Waals surface area contributed by atoms with Crippen LogP contribution in [0, 0.1) is 0 Å². The molecule has 2 aromatic carbocycles. The summed E-state index contributed by atoms with van der Waals surface area (Å²) < 4.78 is 9.03. The minimum Gasteiger partial charge on any atom is -0.497 e. The third kappa shape index (κ3) is 4.02. The normalized spacial score (nSPS) is 12.6. The number of rotatable bonds is 5. The SMILES string of the molecule is COc1ccc(CCc2cn([Si](C)(C)C(C)(C)C)c3ccc(Br)cc23)cc1. The van der Waals surface area contributed by atoms with Crippen molar-refractivity contribution in [3.63, 3.8) is 0 Å². The van der Waals surface area contributed by atoms with Crippen LogP contribution >= 0.6 is 15.9 Å². The Kier molecular flexibility index (Phi) is 5.60. The van der Waals surface area contributed by atoms with E-state index in [4.69, 9.17) is 4.74 Å². The van der Waals surface area contributed by atoms with E-state index < -0.39 is 8.24 Å². The summed E-state index contributed by atoms with van der Waals surface area (Å²) in [5.41, 5.74) is 4.15. The van der Waals surface area contributed by atoms with Gasteiger partial charge in [-0.25, -0.2) is 0 Å². The number of hydrogen-bond acceptors (Lipinski definition) is 1. The molecule has 0 N–H and O–H groups in total. The maximum Gasteiger partial charge on any atom is 0.161 e. The van der Waals surface area contributed by atoms with Gasteiger partial charge in [0.15, 0.2) is 8.24 Å². The van der Waals surface area contributed by atoms with Gasteiger partial charge in [-0.2, -0.15) is 0 Å². The molecule has 0 bridgehead atoms. The summed E-state index contributed by atoms with van der Waals surface area (Å²) in [7, 11) is 0.0330. The number of halogens is 1. The van der Waals surface area contributed by atoms with Crippen molar-refractivity contribution in [2.75, 3.05) is 7.11 Å². The Hall–Kier alpha value is -1.52. The van der Waals surface area contributed by atoms with Gasteiger partial charge in [0.2, 0.25) is 0 Å². The number of hydrogen-bond donors (Lipinski definition) is 0. The summed E-state index contributed by atoms with van der Waals surface area (Å²) in [5.74, 6) is 0.914. The summed E-state index contributed by atoms with van der Waals surface area (Å²) in [5, 5.41) is 1.67. The molecule has 27 heavy (non-hydrogen) atoms. The van der Waals surface area contributed by atoms with Crippen molar-refractivity contribution >= 4 is 35.1 Å². The fourth-order valence-electron chi connectivity index (χ4n) is 3.36. The van der Waals surface area contributed by atoms with E-state index in [-0.39, 0.29) is 0 Å². The molecule has 0 amide bonds. The summed E-state index contributed by atoms with van der Waals surface area (Å²) in [4.78, 5) is 0. The largest absolute Gasteiger partial charge is 0.497 e. The molecule has 3 rings (SSSR count). The summed E-state index contributed by atoms with van der Waals surface area (Å²) in [6.07, 6.45) is 4.51. The van der Waals surface area contributed by atoms with E-state index in [9.17, 15) is 0 Å². The first-order valence-corrected chi connectivity index (χ1v) is 13.3. The number of ether oxygens (including phenoxy) is 1. The molecule has 0 fully saturated rings. The van der Waals surface area contributed by atoms with Gasteiger partial charge in [0.1, 0.15) is 5.75 Å². The molecular weight excluding hydrogens is 414 g/mol. The van der Waals surface area contributed by atoms with Crippen LogP contribution in [0.2, 0.25) is 18.1 Å². The van der Waals surface area contributed by atoms with Crippen molar-refractivity contribution in [3.05, 3.63) is 64.3 Å². The Balaban J connectivity index is 1.98. The zero-order valence-electron chi connectivity index (χ0n) is 17.3. The van der Waals surface area contributed by atoms with Crippen molar-refractivity contribution < 1.29 is 4.74 Å². The fraction of sp³-hybridized carbons (Fsp3) is 0.391. The lowest BCUT2D eigenvalue weighted by atomic mass is 10.0. The molecule has 3 aromatic rings. The second-order valence-electron chi connectivity index (χ2n) is 8.84. The number of aromatic nitrogens is 1. The monoisotopic (exact) mass is 443 g/mol. The molecule has 0 atom stereocenters. The van der Waals surface area contributed by atoms with Gasteiger partial charge in [0, 0.05) is 15.4 Å². The summed E-state index contributed by atoms with van der Waals surface area (Å²) >= 11 is 3.67. The predicted octanol–water partition coefficient (Wildman–Crippen LogP) is 7.05. The molecule has 144 valence electrons. The fourth-order valence-corrected chi connectivity index (χ4v) is 5.72. The Bertz CT molecular complexity index is 935. The maximum absolute atomic E-state index is 5.27. The van der Waals surface area contributed by atoms with Crippen molar-refractivity contribution in [3.8, 4) is 5.75 Å². The number of aryl methyl sites for hydroxylation is 2. The average molecular weight is 444 g/mol. The van der Waals surface area contributed by atoms with Crippen LogP contribution in [-0.2, 0) is 12.8 Å². The number of fused-ring (bicyclic) bond motifs is 1. The molecule has 4 heteroatoms. The third-order valence-electron chi connectivity index (χ3n) is 6.13. The van der Waals surface area contributed by atoms with E-state index in [0.29, 0.717) is 5.04 Å². The van der Waals surface area contributed by atoms with Crippen LogP contribution in [0.5, 0.6) is 5.75 Å². The second kappa shape index (κ2) is 7.48. The number of benzene rings is 2. The molecular formula is C23H30BrNOSi. The first-order chi connectivity index (χ1) is 12.6. The molecule has 0 spiro atoms. The van der Waals surface area contributed by atoms with Crippen LogP contribution in [0.3, 0.4) is 0 Å². The maximum atomic E-state index is 5.27. The molecule has 0 unspecified atom stereocenters. The zero-order valence-corrected chi connectivity index (χ0v) is 19.9. The van der Waals surface area contributed by atoms with Gasteiger partial charge in [0.25, 0.3) is 0 Å². The van der Waals surface area contributed by atoms with Crippen molar-refractivity contribution in [2.24, 2.45) is 0 Å². The smallest absolute Gasteiger partial charge is 0.161 e. The van der Waals surface area contributed by atoms with Crippen molar-refractivity contribution in [2.45, 2.75) is 51.7 Å². The highest BCUT2D eigenvalue weighted by atomic mass is 79.9. The molecule has 0 saturated heterocycles. The van der Waals surface area contributed by atoms with Gasteiger partial charge >= 0.3 is 0 Å². The van der Waals surface area contributed by atoms with Crippen LogP contribution in [0.1, 0.15) is 31.9 Å². The van der Waals surface area contributed by atoms with Gasteiger partial charge in [-0.15, -0.1) is 0 Å². The molecule has 0 saturated carbocycles. The highest BCUT2D eigenvalue weighted by Gasteiger charge is 2.38. The summed E-state index contributed by atoms with van der Waals surface area (Å²) in [6.45, 7) is 12.1. The van der Waals surface area contributed by atoms with Gasteiger partial charge in [-0.3, -0.25) is 0 Å². The first-order valence-electron chi connectivity index (χ1n) is 9.56. The lowest BCUT2D eigenvalue weighted by Crippen LogP contribution is -2.44. The van der Waals surface area contributed by atoms with E-state index in [1.807, 2.05) is 12.1 Å². The van der Waals surface area contributed by atoms with Crippen LogP contribution in [0.15, 0.2) is 53.1 Å². The lowest BCUT2D eigenvalue weighted by molar-refractivity contribution is 0.414. The van der Waals surface area contributed by atoms with E-state index in [2.05, 4.69) is 90.6 Å². The molecule has 2 nitrogen and oxygen atoms in total. The predicted molar refractivity (Wildman–Crippen MR) is 123 cm³/mol. The van der Waals surface area contributed by atoms with Crippen molar-refractivity contribution in [1.82, 2.24) is 4.23 Å². The number of methoxy groups -OCH3 is 1. The van der Waals surface area contributed by atoms with E-state index in [0.717, 1.165) is 23.1 Å². The Morgan fingerprint density at radius 1 is 1.00 bits per heavy atom. The van der Waals surface area contributed by atoms with Gasteiger partial charge < -0.3 is 8.97 Å². The van der Waals surface area contributed by atoms with Gasteiger partial charge in [0.05, 0.1) is 7.11 Å². The van der Waals surface area contributed by atoms with Gasteiger partial charge in [-0.05, 0) is 65.5 Å². The van der Waals surface area contributed by atoms with E-state index in [1.54, 1.807) is 7.11 Å². The standard InChI is InChI=1S/C23H30BrNOSi/c1-23(2,3)27(5,6)25-16-18(21-15-19(24)11-14-22(21)25)10-7-17-8-12-20(26-4)13-9-17/h8-9,11-16H,7,10H2,1-6H3. The Labute approximate surface area is 172 Å². The summed E-state index contributed by atoms with van der Waals surface area (Å²) in [6, 6.07) is 15.2. The molecule has 0 aliphatic heterocycles. The topological polar surface area (TPSA) is 14.2 Å². The van der Waals surface area contributed by atoms with Crippen molar-refractivity contribution in [1.29, 1.82) is 0 Å². The second-order valence-corrected chi connectivity index (χ2v) is 14.9. The van der Waals surface area contributed by atoms with E-state index in [1.165, 1.54) is 22.0 Å². The quantitative estimate of drug-likeness (QED) is 0.385. The minimum absolute atomic E-state index is 0.291. The Morgan fingerprint density at radius 3 is 2.26 bits per heavy atom. The number of nitrogens with zero attached hydrogens (tertiary/aromatic N) is 1. The molecule has 0 aliphatic rings. The Morgan fingerprint density at radius 2 is 1.67 bits per heavy atom. The highest BCUT2D eigenvalue weighted by Crippen LogP contribution is 2.40. The highest BCUT2D eigenvalue weighted by molar-refractivity contribution is 9.10. The molecule has 0 aliphatic carbocycles. The van der Waals surface area contributed by atoms with Gasteiger partial charge in [-0.1, -0.05) is 61.9 Å². The molecule has 0 radical (unpaired) electrons. The minimum atomic E-state index is -1.68. The van der Waals surface area contributed by atoms with Crippen LogP contribution in [0.4, 0.5) is 0 Å². The lowest BCUT2D eigenvalue weighted by Gasteiger charge is -2.38. The molecule has 1 heterocycles. The van der Waals surface area contributed by atoms with Crippen LogP contribution in [-0.4, -0.2) is 19.6 Å². The van der Waals surface area contributed by atoms with E-state index >= 15 is 0 Å². The van der Waals surface area contributed by atoms with Crippen LogP contribution < -0.4 is 4.74 Å². The zero-order chi connectivity index (χ0) is 19.8. The molecule has 1 aromatic heterocycles. The van der Waals surface area contributed by atoms with Crippen LogP contribution in [0.25, 0.3) is 10.9 Å².